The highest BCUT2D eigenvalue weighted by Gasteiger charge is 2.94. The topological polar surface area (TPSA) is 27.7 Å². The van der Waals surface area contributed by atoms with Gasteiger partial charge in [-0.05, 0) is 0 Å². The van der Waals surface area contributed by atoms with Gasteiger partial charge in [-0.3, -0.25) is 0 Å². The molecule has 0 radical (unpaired) electrons. The Morgan fingerprint density at radius 3 is 1.62 bits per heavy atom. The van der Waals surface area contributed by atoms with Gasteiger partial charge in [0.25, 0.3) is 0 Å². The predicted octanol–water partition coefficient (Wildman–Crippen LogP) is 5.53. The van der Waals surface area contributed by atoms with E-state index in [-0.39, 0.29) is 20.1 Å². The molecule has 0 saturated heterocycles. The van der Waals surface area contributed by atoms with E-state index in [1.54, 1.807) is 0 Å². The van der Waals surface area contributed by atoms with Crippen LogP contribution < -0.4 is 0 Å². The summed E-state index contributed by atoms with van der Waals surface area (Å²) in [6.07, 6.45) is 0. The number of halogens is 8. The number of methoxy groups -OCH3 is 3. The number of fused-ring (bicyclic) bond motifs is 5. The zero-order chi connectivity index (χ0) is 18.5. The van der Waals surface area contributed by atoms with Crippen molar-refractivity contribution < 1.29 is 14.2 Å². The summed E-state index contributed by atoms with van der Waals surface area (Å²) >= 11 is 52.6. The first-order chi connectivity index (χ1) is 10.9. The Morgan fingerprint density at radius 1 is 0.708 bits per heavy atom. The molecular formula is C13H10Cl8O3. The molecule has 2 bridgehead atoms. The summed E-state index contributed by atoms with van der Waals surface area (Å²) in [5.41, 5.74) is -1.63. The molecule has 0 heterocycles. The normalized spacial score (nSPS) is 45.4. The molecule has 0 unspecified atom stereocenters. The van der Waals surface area contributed by atoms with Gasteiger partial charge in [0.2, 0.25) is 5.79 Å². The fourth-order valence-corrected chi connectivity index (χ4v) is 8.13. The smallest absolute Gasteiger partial charge is 0.214 e. The second-order valence-corrected chi connectivity index (χ2v) is 9.65. The average molecular weight is 498 g/mol. The number of ether oxygens (including phenoxy) is 3. The van der Waals surface area contributed by atoms with Crippen LogP contribution in [0.5, 0.6) is 0 Å². The lowest BCUT2D eigenvalue weighted by Crippen LogP contribution is -2.60. The van der Waals surface area contributed by atoms with E-state index < -0.39 is 31.4 Å². The van der Waals surface area contributed by atoms with Gasteiger partial charge in [-0.15, -0.1) is 23.2 Å². The minimum Gasteiger partial charge on any atom is -0.370 e. The van der Waals surface area contributed by atoms with Crippen LogP contribution in [0.15, 0.2) is 20.1 Å². The number of alkyl halides is 4. The zero-order valence-corrected chi connectivity index (χ0v) is 18.4. The van der Waals surface area contributed by atoms with Gasteiger partial charge < -0.3 is 14.2 Å². The van der Waals surface area contributed by atoms with Gasteiger partial charge in [-0.25, -0.2) is 0 Å². The highest BCUT2D eigenvalue weighted by Crippen LogP contribution is 2.83. The molecule has 0 aromatic rings. The molecule has 3 aliphatic rings. The molecule has 1 saturated carbocycles. The number of hydrogen-bond acceptors (Lipinski definition) is 3. The molecule has 0 amide bonds. The van der Waals surface area contributed by atoms with E-state index in [9.17, 15) is 0 Å². The fourth-order valence-electron chi connectivity index (χ4n) is 4.12. The largest absolute Gasteiger partial charge is 0.370 e. The SMILES string of the molecule is COC1(OC)C(Cl)=C(Cl)[C@]2(OC)[C@H]1[C@]1(Cl)C(Cl)=C(Cl)[C@@]2(Cl)C1(Cl)Cl. The van der Waals surface area contributed by atoms with E-state index in [4.69, 9.17) is 107 Å². The van der Waals surface area contributed by atoms with Crippen LogP contribution in [-0.2, 0) is 14.2 Å². The summed E-state index contributed by atoms with van der Waals surface area (Å²) in [6.45, 7) is 0. The lowest BCUT2D eigenvalue weighted by molar-refractivity contribution is -0.230. The number of allylic oxidation sites excluding steroid dienone is 1. The Balaban J connectivity index is 2.51. The first kappa shape index (κ1) is 20.4. The maximum atomic E-state index is 6.86. The van der Waals surface area contributed by atoms with Crippen LogP contribution in [0.4, 0.5) is 0 Å². The molecule has 4 atom stereocenters. The maximum absolute atomic E-state index is 6.86. The van der Waals surface area contributed by atoms with Gasteiger partial charge in [0.1, 0.15) is 10.5 Å². The molecule has 11 heteroatoms. The van der Waals surface area contributed by atoms with Crippen LogP contribution in [-0.4, -0.2) is 46.8 Å². The van der Waals surface area contributed by atoms with Crippen molar-refractivity contribution in [2.45, 2.75) is 25.5 Å². The third-order valence-corrected chi connectivity index (χ3v) is 10.4. The van der Waals surface area contributed by atoms with Gasteiger partial charge in [-0.2, -0.15) is 0 Å². The number of rotatable bonds is 3. The van der Waals surface area contributed by atoms with Crippen molar-refractivity contribution in [1.29, 1.82) is 0 Å². The van der Waals surface area contributed by atoms with Gasteiger partial charge in [0.05, 0.1) is 26.0 Å². The van der Waals surface area contributed by atoms with Gasteiger partial charge in [-0.1, -0.05) is 69.6 Å². The molecule has 0 aromatic carbocycles. The van der Waals surface area contributed by atoms with E-state index >= 15 is 0 Å². The van der Waals surface area contributed by atoms with Crippen molar-refractivity contribution >= 4 is 92.8 Å². The van der Waals surface area contributed by atoms with Crippen molar-refractivity contribution in [1.82, 2.24) is 0 Å². The predicted molar refractivity (Wildman–Crippen MR) is 99.0 cm³/mol. The Kier molecular flexibility index (Phi) is 4.77. The standard InChI is InChI=1S/C13H10Cl8O3/c1-22-10-5(15)6(16)11(23-2,24-3)8(10)9(18)4(14)7(17)12(10,19)13(9,20)21/h8H,1-3H3/t8-,9-,10+,12+/m1/s1. The summed E-state index contributed by atoms with van der Waals surface area (Å²) < 4.78 is 14.9. The van der Waals surface area contributed by atoms with Crippen molar-refractivity contribution in [3.8, 4) is 0 Å². The second-order valence-electron chi connectivity index (χ2n) is 5.65. The second kappa shape index (κ2) is 5.61. The van der Waals surface area contributed by atoms with Crippen LogP contribution in [0.2, 0.25) is 0 Å². The molecule has 3 rings (SSSR count). The van der Waals surface area contributed by atoms with E-state index in [1.807, 2.05) is 0 Å². The monoisotopic (exact) mass is 494 g/mol. The Morgan fingerprint density at radius 2 is 1.21 bits per heavy atom. The summed E-state index contributed by atoms with van der Waals surface area (Å²) in [7, 11) is 4.07. The molecule has 0 aliphatic heterocycles. The minimum absolute atomic E-state index is 0.00395. The molecule has 24 heavy (non-hydrogen) atoms. The van der Waals surface area contributed by atoms with Crippen LogP contribution in [0, 0.1) is 5.92 Å². The molecule has 0 spiro atoms. The lowest BCUT2D eigenvalue weighted by atomic mass is 9.77. The minimum atomic E-state index is -1.90. The maximum Gasteiger partial charge on any atom is 0.214 e. The molecule has 3 nitrogen and oxygen atoms in total. The van der Waals surface area contributed by atoms with Crippen molar-refractivity contribution in [2.75, 3.05) is 21.3 Å². The molecule has 0 N–H and O–H groups in total. The van der Waals surface area contributed by atoms with Crippen molar-refractivity contribution in [2.24, 2.45) is 5.92 Å². The van der Waals surface area contributed by atoms with E-state index in [1.165, 1.54) is 21.3 Å². The van der Waals surface area contributed by atoms with Crippen LogP contribution in [0.3, 0.4) is 0 Å². The van der Waals surface area contributed by atoms with E-state index in [0.717, 1.165) is 0 Å². The molecule has 3 aliphatic carbocycles. The van der Waals surface area contributed by atoms with Crippen LogP contribution in [0.1, 0.15) is 0 Å². The Hall–Kier alpha value is 1.68. The summed E-state index contributed by atoms with van der Waals surface area (Å²) in [5, 5.41) is -0.144. The summed E-state index contributed by atoms with van der Waals surface area (Å²) in [6, 6.07) is 0. The van der Waals surface area contributed by atoms with Crippen molar-refractivity contribution in [3.05, 3.63) is 20.1 Å². The third-order valence-electron chi connectivity index (χ3n) is 5.15. The molecular weight excluding hydrogens is 488 g/mol. The molecule has 136 valence electrons. The van der Waals surface area contributed by atoms with E-state index in [0.29, 0.717) is 0 Å². The third kappa shape index (κ3) is 1.58. The highest BCUT2D eigenvalue weighted by atomic mass is 35.5. The molecule has 0 aromatic heterocycles. The van der Waals surface area contributed by atoms with E-state index in [2.05, 4.69) is 0 Å². The van der Waals surface area contributed by atoms with Gasteiger partial charge in [0.15, 0.2) is 9.21 Å². The van der Waals surface area contributed by atoms with Crippen LogP contribution >= 0.6 is 92.8 Å². The quantitative estimate of drug-likeness (QED) is 0.379. The Labute approximate surface area is 178 Å². The van der Waals surface area contributed by atoms with Crippen LogP contribution in [0.25, 0.3) is 0 Å². The van der Waals surface area contributed by atoms with Crippen molar-refractivity contribution in [3.63, 3.8) is 0 Å². The van der Waals surface area contributed by atoms with Gasteiger partial charge in [0, 0.05) is 21.3 Å². The highest BCUT2D eigenvalue weighted by molar-refractivity contribution is 6.66. The Bertz CT molecular complexity index is 687. The molecule has 1 fully saturated rings. The fraction of sp³-hybridized carbons (Fsp3) is 0.692. The number of hydrogen-bond donors (Lipinski definition) is 0. The first-order valence-corrected chi connectivity index (χ1v) is 9.49. The lowest BCUT2D eigenvalue weighted by Gasteiger charge is -2.47. The summed E-state index contributed by atoms with van der Waals surface area (Å²) in [4.78, 5) is -3.56. The first-order valence-electron chi connectivity index (χ1n) is 6.47. The zero-order valence-electron chi connectivity index (χ0n) is 12.3. The summed E-state index contributed by atoms with van der Waals surface area (Å²) in [5.74, 6) is -2.67. The average Bonchev–Trinajstić information content (AvgIpc) is 2.88. The van der Waals surface area contributed by atoms with Gasteiger partial charge >= 0.3 is 0 Å².